The molecule has 0 bridgehead atoms. The summed E-state index contributed by atoms with van der Waals surface area (Å²) in [6.07, 6.45) is 8.03. The summed E-state index contributed by atoms with van der Waals surface area (Å²) in [7, 11) is -1.46. The molecule has 7 nitrogen and oxygen atoms in total. The molecule has 0 saturated carbocycles. The molecule has 2 aromatic rings. The standard InChI is InChI=1S/C28H42N2O5S2/c1-5-7-13-28(14-8-6-2)19-30(22-9-11-23(35-3)12-10-22)24-16-25(36-4)21(17-29-18-27(31)32)15-26(24)37(33,34)20-28/h9-12,15-16,29,33-34H,5-8,13-14,17-20H2,1-4H3,(H,31,32). The summed E-state index contributed by atoms with van der Waals surface area (Å²) in [6, 6.07) is 11.9. The number of methoxy groups -OCH3 is 1. The minimum atomic E-state index is -3.11. The Morgan fingerprint density at radius 2 is 1.78 bits per heavy atom. The van der Waals surface area contributed by atoms with Gasteiger partial charge >= 0.3 is 5.97 Å². The van der Waals surface area contributed by atoms with Gasteiger partial charge in [-0.1, -0.05) is 39.5 Å². The summed E-state index contributed by atoms with van der Waals surface area (Å²) in [5.41, 5.74) is 2.42. The van der Waals surface area contributed by atoms with Crippen LogP contribution in [0.25, 0.3) is 0 Å². The monoisotopic (exact) mass is 550 g/mol. The summed E-state index contributed by atoms with van der Waals surface area (Å²) in [5.74, 6) is 0.184. The molecule has 0 aromatic heterocycles. The maximum Gasteiger partial charge on any atom is 0.317 e. The van der Waals surface area contributed by atoms with Gasteiger partial charge in [0.15, 0.2) is 0 Å². The van der Waals surface area contributed by atoms with Gasteiger partial charge in [-0.25, -0.2) is 0 Å². The van der Waals surface area contributed by atoms with E-state index in [4.69, 9.17) is 9.84 Å². The third-order valence-electron chi connectivity index (χ3n) is 7.10. The van der Waals surface area contributed by atoms with E-state index < -0.39 is 16.6 Å². The topological polar surface area (TPSA) is 102 Å². The molecule has 1 aliphatic rings. The molecule has 0 fully saturated rings. The predicted molar refractivity (Wildman–Crippen MR) is 155 cm³/mol. The Morgan fingerprint density at radius 1 is 1.14 bits per heavy atom. The van der Waals surface area contributed by atoms with Gasteiger partial charge in [0.1, 0.15) is 5.75 Å². The van der Waals surface area contributed by atoms with Crippen LogP contribution in [0.3, 0.4) is 0 Å². The lowest BCUT2D eigenvalue weighted by Gasteiger charge is -2.42. The molecule has 206 valence electrons. The number of carboxylic acid groups (broad SMARTS) is 1. The molecule has 3 rings (SSSR count). The number of benzene rings is 2. The van der Waals surface area contributed by atoms with E-state index in [1.54, 1.807) is 18.9 Å². The molecule has 0 atom stereocenters. The normalized spacial score (nSPS) is 17.1. The van der Waals surface area contributed by atoms with Crippen molar-refractivity contribution in [3.05, 3.63) is 42.0 Å². The Kier molecular flexibility index (Phi) is 10.6. The number of fused-ring (bicyclic) bond motifs is 1. The molecule has 0 amide bonds. The molecule has 1 aliphatic heterocycles. The average molecular weight is 551 g/mol. The van der Waals surface area contributed by atoms with Crippen LogP contribution in [0.1, 0.15) is 57.9 Å². The molecule has 2 aromatic carbocycles. The summed E-state index contributed by atoms with van der Waals surface area (Å²) in [5, 5.41) is 12.0. The quantitative estimate of drug-likeness (QED) is 0.194. The van der Waals surface area contributed by atoms with Gasteiger partial charge in [-0.15, -0.1) is 11.8 Å². The molecule has 0 spiro atoms. The minimum absolute atomic E-state index is 0.156. The van der Waals surface area contributed by atoms with Crippen molar-refractivity contribution < 1.29 is 23.7 Å². The zero-order chi connectivity index (χ0) is 27.1. The molecule has 0 aliphatic carbocycles. The van der Waals surface area contributed by atoms with Crippen LogP contribution in [0.4, 0.5) is 11.4 Å². The highest BCUT2D eigenvalue weighted by atomic mass is 32.3. The van der Waals surface area contributed by atoms with Crippen molar-refractivity contribution in [3.63, 3.8) is 0 Å². The number of unbranched alkanes of at least 4 members (excludes halogenated alkanes) is 2. The Labute approximate surface area is 227 Å². The van der Waals surface area contributed by atoms with Gasteiger partial charge < -0.3 is 20.1 Å². The molecule has 0 unspecified atom stereocenters. The van der Waals surface area contributed by atoms with Crippen LogP contribution in [-0.4, -0.2) is 52.4 Å². The van der Waals surface area contributed by atoms with Crippen molar-refractivity contribution in [1.82, 2.24) is 5.32 Å². The highest BCUT2D eigenvalue weighted by Gasteiger charge is 2.42. The first kappa shape index (κ1) is 29.6. The number of anilines is 2. The highest BCUT2D eigenvalue weighted by molar-refractivity contribution is 8.24. The van der Waals surface area contributed by atoms with Crippen LogP contribution in [0.5, 0.6) is 5.75 Å². The van der Waals surface area contributed by atoms with Crippen molar-refractivity contribution in [2.24, 2.45) is 5.41 Å². The number of nitrogens with one attached hydrogen (secondary N) is 1. The van der Waals surface area contributed by atoms with E-state index in [9.17, 15) is 13.9 Å². The lowest BCUT2D eigenvalue weighted by Crippen LogP contribution is -2.37. The van der Waals surface area contributed by atoms with Gasteiger partial charge in [-0.2, -0.15) is 10.6 Å². The van der Waals surface area contributed by atoms with Gasteiger partial charge in [0.25, 0.3) is 0 Å². The fourth-order valence-electron chi connectivity index (χ4n) is 5.19. The number of thioether (sulfide) groups is 1. The smallest absolute Gasteiger partial charge is 0.317 e. The molecular weight excluding hydrogens is 508 g/mol. The predicted octanol–water partition coefficient (Wildman–Crippen LogP) is 7.22. The molecule has 37 heavy (non-hydrogen) atoms. The van der Waals surface area contributed by atoms with Crippen LogP contribution >= 0.6 is 22.4 Å². The SMILES string of the molecule is CCCCC1(CCCC)CN(c2ccc(OC)cc2)c2cc(SC)c(CNCC(=O)O)cc2S(O)(O)C1. The summed E-state index contributed by atoms with van der Waals surface area (Å²) in [4.78, 5) is 14.8. The Balaban J connectivity index is 2.19. The van der Waals surface area contributed by atoms with Gasteiger partial charge in [0.2, 0.25) is 0 Å². The lowest BCUT2D eigenvalue weighted by molar-refractivity contribution is -0.136. The second-order valence-corrected chi connectivity index (χ2v) is 12.8. The maximum absolute atomic E-state index is 11.8. The zero-order valence-electron chi connectivity index (χ0n) is 22.5. The summed E-state index contributed by atoms with van der Waals surface area (Å²) >= 11 is 1.58. The summed E-state index contributed by atoms with van der Waals surface area (Å²) in [6.45, 7) is 5.24. The van der Waals surface area contributed by atoms with Gasteiger partial charge in [0.05, 0.1) is 24.2 Å². The van der Waals surface area contributed by atoms with E-state index in [0.717, 1.165) is 66.1 Å². The van der Waals surface area contributed by atoms with Crippen molar-refractivity contribution >= 4 is 39.7 Å². The second kappa shape index (κ2) is 13.2. The number of ether oxygens (including phenoxy) is 1. The van der Waals surface area contributed by atoms with Crippen molar-refractivity contribution in [2.45, 2.75) is 68.7 Å². The first-order chi connectivity index (χ1) is 17.7. The first-order valence-corrected chi connectivity index (χ1v) is 15.9. The number of carboxylic acids is 1. The molecular formula is C28H42N2O5S2. The number of nitrogens with zero attached hydrogens (tertiary/aromatic N) is 1. The van der Waals surface area contributed by atoms with E-state index in [2.05, 4.69) is 24.1 Å². The molecule has 9 heteroatoms. The van der Waals surface area contributed by atoms with Gasteiger partial charge in [0, 0.05) is 34.8 Å². The third-order valence-corrected chi connectivity index (χ3v) is 9.97. The average Bonchev–Trinajstić information content (AvgIpc) is 2.97. The van der Waals surface area contributed by atoms with Crippen molar-refractivity contribution in [3.8, 4) is 5.75 Å². The minimum Gasteiger partial charge on any atom is -0.497 e. The lowest BCUT2D eigenvalue weighted by atomic mass is 9.79. The largest absolute Gasteiger partial charge is 0.497 e. The summed E-state index contributed by atoms with van der Waals surface area (Å²) < 4.78 is 28.9. The van der Waals surface area contributed by atoms with E-state index in [0.29, 0.717) is 23.7 Å². The Morgan fingerprint density at radius 3 is 2.32 bits per heavy atom. The zero-order valence-corrected chi connectivity index (χ0v) is 24.1. The third kappa shape index (κ3) is 7.35. The first-order valence-electron chi connectivity index (χ1n) is 13.0. The second-order valence-electron chi connectivity index (χ2n) is 9.93. The number of hydrogen-bond acceptors (Lipinski definition) is 7. The van der Waals surface area contributed by atoms with E-state index in [1.165, 1.54) is 0 Å². The Bertz CT molecular complexity index is 1040. The van der Waals surface area contributed by atoms with Crippen LogP contribution in [0.2, 0.25) is 0 Å². The number of carbonyl (C=O) groups is 1. The Hall–Kier alpha value is -1.91. The van der Waals surface area contributed by atoms with Crippen LogP contribution < -0.4 is 15.0 Å². The molecule has 1 heterocycles. The van der Waals surface area contributed by atoms with E-state index in [1.807, 2.05) is 42.7 Å². The number of aliphatic carboxylic acids is 1. The fourth-order valence-corrected chi connectivity index (χ4v) is 8.04. The maximum atomic E-state index is 11.8. The molecule has 4 N–H and O–H groups in total. The number of hydrogen-bond donors (Lipinski definition) is 4. The van der Waals surface area contributed by atoms with Crippen LogP contribution in [0, 0.1) is 5.41 Å². The van der Waals surface area contributed by atoms with Gasteiger partial charge in [-0.3, -0.25) is 13.9 Å². The van der Waals surface area contributed by atoms with Crippen molar-refractivity contribution in [2.75, 3.05) is 37.1 Å². The molecule has 0 saturated heterocycles. The number of rotatable bonds is 13. The van der Waals surface area contributed by atoms with Crippen LogP contribution in [0.15, 0.2) is 46.2 Å². The fraction of sp³-hybridized carbons (Fsp3) is 0.536. The highest BCUT2D eigenvalue weighted by Crippen LogP contribution is 2.61. The van der Waals surface area contributed by atoms with Crippen LogP contribution in [-0.2, 0) is 11.3 Å². The molecule has 0 radical (unpaired) electrons. The van der Waals surface area contributed by atoms with E-state index in [-0.39, 0.29) is 12.0 Å². The van der Waals surface area contributed by atoms with Gasteiger partial charge in [-0.05, 0) is 61.1 Å². The van der Waals surface area contributed by atoms with E-state index >= 15 is 0 Å². The van der Waals surface area contributed by atoms with Crippen molar-refractivity contribution in [1.29, 1.82) is 0 Å².